The van der Waals surface area contributed by atoms with E-state index in [9.17, 15) is 4.79 Å². The predicted octanol–water partition coefficient (Wildman–Crippen LogP) is 4.65. The summed E-state index contributed by atoms with van der Waals surface area (Å²) < 4.78 is 0. The third-order valence-corrected chi connectivity index (χ3v) is 6.63. The first-order valence-corrected chi connectivity index (χ1v) is 10.1. The minimum Gasteiger partial charge on any atom is -0.303 e. The number of halogens is 1. The van der Waals surface area contributed by atoms with Crippen molar-refractivity contribution in [3.63, 3.8) is 0 Å². The van der Waals surface area contributed by atoms with Gasteiger partial charge in [-0.1, -0.05) is 25.7 Å². The van der Waals surface area contributed by atoms with Gasteiger partial charge in [-0.25, -0.2) is 0 Å². The topological polar surface area (TPSA) is 20.3 Å². The van der Waals surface area contributed by atoms with Crippen LogP contribution in [0.4, 0.5) is 0 Å². The van der Waals surface area contributed by atoms with Gasteiger partial charge in [-0.2, -0.15) is 0 Å². The maximum absolute atomic E-state index is 12.7. The van der Waals surface area contributed by atoms with Crippen molar-refractivity contribution in [2.75, 3.05) is 19.6 Å². The maximum Gasteiger partial charge on any atom is 0.139 e. The Balaban J connectivity index is 1.41. The predicted molar refractivity (Wildman–Crippen MR) is 92.3 cm³/mol. The van der Waals surface area contributed by atoms with Crippen molar-refractivity contribution in [3.8, 4) is 0 Å². The number of likely N-dealkylation sites (tertiary alicyclic amines) is 1. The van der Waals surface area contributed by atoms with Gasteiger partial charge >= 0.3 is 0 Å². The Hall–Kier alpha value is -0.0800. The van der Waals surface area contributed by atoms with E-state index in [0.29, 0.717) is 23.0 Å². The molecule has 2 saturated carbocycles. The summed E-state index contributed by atoms with van der Waals surface area (Å²) >= 11 is 6.32. The standard InChI is InChI=1S/C19H32ClNO/c20-18-8-4-5-15(13-18)14-21-11-9-17(10-12-21)19(22)16-6-2-1-3-7-16/h15-18H,1-14H2. The van der Waals surface area contributed by atoms with E-state index in [4.69, 9.17) is 11.6 Å². The number of Topliss-reactive ketones (excluding diaryl/α,β-unsaturated/α-hetero) is 1. The Morgan fingerprint density at radius 2 is 1.55 bits per heavy atom. The van der Waals surface area contributed by atoms with E-state index in [1.165, 1.54) is 51.5 Å². The fourth-order valence-electron chi connectivity index (χ4n) is 4.88. The third-order valence-electron chi connectivity index (χ3n) is 6.23. The van der Waals surface area contributed by atoms with Crippen LogP contribution in [0.15, 0.2) is 0 Å². The largest absolute Gasteiger partial charge is 0.303 e. The summed E-state index contributed by atoms with van der Waals surface area (Å²) in [6.45, 7) is 3.48. The van der Waals surface area contributed by atoms with Crippen LogP contribution in [-0.4, -0.2) is 35.7 Å². The van der Waals surface area contributed by atoms with Crippen LogP contribution >= 0.6 is 11.6 Å². The quantitative estimate of drug-likeness (QED) is 0.701. The average Bonchev–Trinajstić information content (AvgIpc) is 2.56. The maximum atomic E-state index is 12.7. The summed E-state index contributed by atoms with van der Waals surface area (Å²) in [5.41, 5.74) is 0. The summed E-state index contributed by atoms with van der Waals surface area (Å²) in [4.78, 5) is 15.3. The van der Waals surface area contributed by atoms with Crippen LogP contribution in [-0.2, 0) is 4.79 Å². The molecule has 2 aliphatic carbocycles. The van der Waals surface area contributed by atoms with Crippen molar-refractivity contribution in [3.05, 3.63) is 0 Å². The molecule has 3 heteroatoms. The monoisotopic (exact) mass is 325 g/mol. The van der Waals surface area contributed by atoms with Gasteiger partial charge in [-0.3, -0.25) is 4.79 Å². The molecule has 3 rings (SSSR count). The molecule has 126 valence electrons. The van der Waals surface area contributed by atoms with Crippen LogP contribution in [0.1, 0.15) is 70.6 Å². The molecule has 1 aliphatic heterocycles. The third kappa shape index (κ3) is 4.47. The highest BCUT2D eigenvalue weighted by molar-refractivity contribution is 6.20. The lowest BCUT2D eigenvalue weighted by molar-refractivity contribution is -0.129. The minimum atomic E-state index is 0.367. The molecule has 22 heavy (non-hydrogen) atoms. The number of carbonyl (C=O) groups excluding carboxylic acids is 1. The summed E-state index contributed by atoms with van der Waals surface area (Å²) in [5, 5.41) is 0.407. The second kappa shape index (κ2) is 8.15. The molecule has 1 heterocycles. The molecule has 1 saturated heterocycles. The first kappa shape index (κ1) is 16.8. The van der Waals surface area contributed by atoms with Crippen LogP contribution < -0.4 is 0 Å². The zero-order valence-corrected chi connectivity index (χ0v) is 14.7. The SMILES string of the molecule is O=C(C1CCCCC1)C1CCN(CC2CCCC(Cl)C2)CC1. The fourth-order valence-corrected chi connectivity index (χ4v) is 5.28. The molecule has 0 radical (unpaired) electrons. The second-order valence-electron chi connectivity index (χ2n) is 7.94. The Morgan fingerprint density at radius 1 is 0.864 bits per heavy atom. The summed E-state index contributed by atoms with van der Waals surface area (Å²) in [6, 6.07) is 0. The van der Waals surface area contributed by atoms with E-state index in [2.05, 4.69) is 4.90 Å². The summed E-state index contributed by atoms with van der Waals surface area (Å²) in [7, 11) is 0. The van der Waals surface area contributed by atoms with Crippen LogP contribution in [0.5, 0.6) is 0 Å². The number of nitrogens with zero attached hydrogens (tertiary/aromatic N) is 1. The van der Waals surface area contributed by atoms with E-state index < -0.39 is 0 Å². The average molecular weight is 326 g/mol. The summed E-state index contributed by atoms with van der Waals surface area (Å²) in [6.07, 6.45) is 13.5. The number of hydrogen-bond acceptors (Lipinski definition) is 2. The van der Waals surface area contributed by atoms with Crippen molar-refractivity contribution in [1.82, 2.24) is 4.90 Å². The highest BCUT2D eigenvalue weighted by Gasteiger charge is 2.31. The highest BCUT2D eigenvalue weighted by Crippen LogP contribution is 2.32. The van der Waals surface area contributed by atoms with Gasteiger partial charge in [-0.15, -0.1) is 11.6 Å². The van der Waals surface area contributed by atoms with Crippen molar-refractivity contribution in [2.24, 2.45) is 17.8 Å². The minimum absolute atomic E-state index is 0.367. The molecule has 0 aromatic carbocycles. The smallest absolute Gasteiger partial charge is 0.139 e. The number of rotatable bonds is 4. The lowest BCUT2D eigenvalue weighted by atomic mass is 9.78. The van der Waals surface area contributed by atoms with Crippen LogP contribution in [0, 0.1) is 17.8 Å². The molecule has 3 aliphatic rings. The van der Waals surface area contributed by atoms with Gasteiger partial charge in [0, 0.05) is 23.8 Å². The first-order chi connectivity index (χ1) is 10.7. The Morgan fingerprint density at radius 3 is 2.23 bits per heavy atom. The van der Waals surface area contributed by atoms with E-state index in [-0.39, 0.29) is 0 Å². The highest BCUT2D eigenvalue weighted by atomic mass is 35.5. The molecule has 0 aromatic rings. The van der Waals surface area contributed by atoms with Crippen molar-refractivity contribution < 1.29 is 4.79 Å². The molecule has 2 unspecified atom stereocenters. The van der Waals surface area contributed by atoms with Gasteiger partial charge in [0.2, 0.25) is 0 Å². The fraction of sp³-hybridized carbons (Fsp3) is 0.947. The van der Waals surface area contributed by atoms with Crippen LogP contribution in [0.2, 0.25) is 0 Å². The molecular formula is C19H32ClNO. The van der Waals surface area contributed by atoms with Crippen molar-refractivity contribution in [2.45, 2.75) is 76.0 Å². The van der Waals surface area contributed by atoms with Gasteiger partial charge in [0.25, 0.3) is 0 Å². The second-order valence-corrected chi connectivity index (χ2v) is 8.56. The number of ketones is 1. The Kier molecular flexibility index (Phi) is 6.21. The number of piperidine rings is 1. The lowest BCUT2D eigenvalue weighted by Crippen LogP contribution is -2.41. The van der Waals surface area contributed by atoms with E-state index in [1.807, 2.05) is 0 Å². The molecule has 0 amide bonds. The van der Waals surface area contributed by atoms with Crippen molar-refractivity contribution >= 4 is 17.4 Å². The van der Waals surface area contributed by atoms with E-state index in [1.54, 1.807) is 0 Å². The van der Waals surface area contributed by atoms with Gasteiger partial charge in [0.15, 0.2) is 0 Å². The lowest BCUT2D eigenvalue weighted by Gasteiger charge is -2.36. The Labute approximate surface area is 141 Å². The van der Waals surface area contributed by atoms with Crippen molar-refractivity contribution in [1.29, 1.82) is 0 Å². The molecule has 2 atom stereocenters. The molecule has 0 aromatic heterocycles. The van der Waals surface area contributed by atoms with Gasteiger partial charge in [0.1, 0.15) is 5.78 Å². The van der Waals surface area contributed by atoms with E-state index >= 15 is 0 Å². The number of hydrogen-bond donors (Lipinski definition) is 0. The van der Waals surface area contributed by atoms with Gasteiger partial charge in [0.05, 0.1) is 0 Å². The van der Waals surface area contributed by atoms with E-state index in [0.717, 1.165) is 44.7 Å². The van der Waals surface area contributed by atoms with Crippen LogP contribution in [0.25, 0.3) is 0 Å². The Bertz CT molecular complexity index is 358. The van der Waals surface area contributed by atoms with Gasteiger partial charge in [-0.05, 0) is 64.0 Å². The zero-order valence-electron chi connectivity index (χ0n) is 13.9. The van der Waals surface area contributed by atoms with Gasteiger partial charge < -0.3 is 4.90 Å². The normalized spacial score (nSPS) is 33.0. The molecule has 0 spiro atoms. The molecule has 0 N–H and O–H groups in total. The zero-order chi connectivity index (χ0) is 15.4. The summed E-state index contributed by atoms with van der Waals surface area (Å²) in [5.74, 6) is 2.17. The van der Waals surface area contributed by atoms with Crippen LogP contribution in [0.3, 0.4) is 0 Å². The molecule has 3 fully saturated rings. The number of alkyl halides is 1. The first-order valence-electron chi connectivity index (χ1n) is 9.62. The molecular weight excluding hydrogens is 294 g/mol. The molecule has 2 nitrogen and oxygen atoms in total. The number of carbonyl (C=O) groups is 1. The molecule has 0 bridgehead atoms.